The van der Waals surface area contributed by atoms with Crippen LogP contribution in [0.3, 0.4) is 0 Å². The van der Waals surface area contributed by atoms with Crippen LogP contribution in [0, 0.1) is 5.92 Å². The van der Waals surface area contributed by atoms with Gasteiger partial charge in [0.25, 0.3) is 0 Å². The summed E-state index contributed by atoms with van der Waals surface area (Å²) in [5, 5.41) is 0. The molecule has 1 aliphatic carbocycles. The zero-order chi connectivity index (χ0) is 8.27. The molecule has 1 rings (SSSR count). The second-order valence-electron chi connectivity index (χ2n) is 3.30. The van der Waals surface area contributed by atoms with Crippen LogP contribution >= 0.6 is 0 Å². The normalized spacial score (nSPS) is 19.6. The van der Waals surface area contributed by atoms with Crippen molar-refractivity contribution in [3.05, 3.63) is 11.6 Å². The monoisotopic (exact) mass is 152 g/mol. The van der Waals surface area contributed by atoms with Crippen molar-refractivity contribution in [1.82, 2.24) is 0 Å². The van der Waals surface area contributed by atoms with Crippen molar-refractivity contribution in [2.24, 2.45) is 5.92 Å². The van der Waals surface area contributed by atoms with Crippen molar-refractivity contribution in [1.29, 1.82) is 0 Å². The van der Waals surface area contributed by atoms with E-state index in [0.717, 1.165) is 24.8 Å². The van der Waals surface area contributed by atoms with E-state index in [-0.39, 0.29) is 5.92 Å². The second-order valence-corrected chi connectivity index (χ2v) is 3.30. The molecule has 11 heavy (non-hydrogen) atoms. The highest BCUT2D eigenvalue weighted by Crippen LogP contribution is 2.22. The average molecular weight is 152 g/mol. The smallest absolute Gasteiger partial charge is 0.161 e. The molecule has 1 unspecified atom stereocenters. The number of carbonyl (C=O) groups is 1. The number of Topliss-reactive ketones (excluding diaryl/α,β-unsaturated/α-hetero) is 1. The highest BCUT2D eigenvalue weighted by Gasteiger charge is 2.17. The van der Waals surface area contributed by atoms with Crippen LogP contribution in [0.1, 0.15) is 39.5 Å². The van der Waals surface area contributed by atoms with Gasteiger partial charge >= 0.3 is 0 Å². The maximum Gasteiger partial charge on any atom is 0.161 e. The lowest BCUT2D eigenvalue weighted by Gasteiger charge is -2.06. The predicted molar refractivity (Wildman–Crippen MR) is 46.4 cm³/mol. The highest BCUT2D eigenvalue weighted by atomic mass is 16.1. The van der Waals surface area contributed by atoms with E-state index >= 15 is 0 Å². The van der Waals surface area contributed by atoms with Gasteiger partial charge in [0.2, 0.25) is 0 Å². The molecule has 0 heterocycles. The molecule has 0 saturated carbocycles. The highest BCUT2D eigenvalue weighted by molar-refractivity contribution is 5.97. The van der Waals surface area contributed by atoms with Crippen LogP contribution < -0.4 is 0 Å². The predicted octanol–water partition coefficient (Wildman–Crippen LogP) is 2.71. The molecular weight excluding hydrogens is 136 g/mol. The molecule has 0 aromatic carbocycles. The van der Waals surface area contributed by atoms with Crippen LogP contribution in [0.4, 0.5) is 0 Å². The van der Waals surface area contributed by atoms with Crippen LogP contribution in [0.25, 0.3) is 0 Å². The second kappa shape index (κ2) is 3.70. The van der Waals surface area contributed by atoms with Gasteiger partial charge in [0.1, 0.15) is 0 Å². The van der Waals surface area contributed by atoms with E-state index in [1.807, 2.05) is 6.92 Å². The summed E-state index contributed by atoms with van der Waals surface area (Å²) >= 11 is 0. The summed E-state index contributed by atoms with van der Waals surface area (Å²) in [7, 11) is 0. The van der Waals surface area contributed by atoms with E-state index in [1.165, 1.54) is 6.42 Å². The number of rotatable bonds is 3. The van der Waals surface area contributed by atoms with Crippen LogP contribution in [-0.2, 0) is 4.79 Å². The van der Waals surface area contributed by atoms with Gasteiger partial charge < -0.3 is 0 Å². The Morgan fingerprint density at radius 1 is 1.73 bits per heavy atom. The first kappa shape index (κ1) is 8.51. The Hall–Kier alpha value is -0.590. The summed E-state index contributed by atoms with van der Waals surface area (Å²) < 4.78 is 0. The third kappa shape index (κ3) is 1.92. The number of carbonyl (C=O) groups excluding carboxylic acids is 1. The topological polar surface area (TPSA) is 17.1 Å². The molecule has 0 saturated heterocycles. The quantitative estimate of drug-likeness (QED) is 0.607. The van der Waals surface area contributed by atoms with Gasteiger partial charge in [-0.3, -0.25) is 4.79 Å². The Bertz CT molecular complexity index is 179. The Kier molecular flexibility index (Phi) is 2.86. The van der Waals surface area contributed by atoms with Gasteiger partial charge in [0, 0.05) is 5.92 Å². The molecule has 0 aliphatic heterocycles. The van der Waals surface area contributed by atoms with Gasteiger partial charge in [-0.1, -0.05) is 19.9 Å². The van der Waals surface area contributed by atoms with E-state index in [9.17, 15) is 4.79 Å². The fourth-order valence-corrected chi connectivity index (χ4v) is 1.40. The van der Waals surface area contributed by atoms with Crippen molar-refractivity contribution in [3.63, 3.8) is 0 Å². The van der Waals surface area contributed by atoms with Gasteiger partial charge in [0.05, 0.1) is 0 Å². The summed E-state index contributed by atoms with van der Waals surface area (Å²) in [6.07, 6.45) is 6.38. The molecule has 0 N–H and O–H groups in total. The van der Waals surface area contributed by atoms with Crippen LogP contribution in [0.15, 0.2) is 11.6 Å². The van der Waals surface area contributed by atoms with Crippen molar-refractivity contribution in [3.8, 4) is 0 Å². The summed E-state index contributed by atoms with van der Waals surface area (Å²) in [6.45, 7) is 4.08. The average Bonchev–Trinajstić information content (AvgIpc) is 2.53. The molecule has 0 bridgehead atoms. The molecule has 1 atom stereocenters. The summed E-state index contributed by atoms with van der Waals surface area (Å²) in [4.78, 5) is 11.5. The summed E-state index contributed by atoms with van der Waals surface area (Å²) in [6, 6.07) is 0. The molecular formula is C10H16O. The van der Waals surface area contributed by atoms with Crippen molar-refractivity contribution >= 4 is 5.78 Å². The minimum atomic E-state index is 0.236. The molecule has 0 aromatic rings. The number of allylic oxidation sites excluding steroid dienone is 2. The Balaban J connectivity index is 2.53. The summed E-state index contributed by atoms with van der Waals surface area (Å²) in [5.41, 5.74) is 1.08. The zero-order valence-corrected chi connectivity index (χ0v) is 7.39. The van der Waals surface area contributed by atoms with E-state index in [0.29, 0.717) is 5.78 Å². The first-order valence-corrected chi connectivity index (χ1v) is 4.49. The van der Waals surface area contributed by atoms with Gasteiger partial charge in [-0.15, -0.1) is 0 Å². The maximum absolute atomic E-state index is 11.5. The van der Waals surface area contributed by atoms with Crippen LogP contribution in [0.2, 0.25) is 0 Å². The van der Waals surface area contributed by atoms with Crippen LogP contribution in [-0.4, -0.2) is 5.78 Å². The summed E-state index contributed by atoms with van der Waals surface area (Å²) in [5.74, 6) is 0.615. The number of hydrogen-bond donors (Lipinski definition) is 0. The lowest BCUT2D eigenvalue weighted by molar-refractivity contribution is -0.118. The van der Waals surface area contributed by atoms with E-state index in [1.54, 1.807) is 0 Å². The van der Waals surface area contributed by atoms with Crippen molar-refractivity contribution < 1.29 is 4.79 Å². The first-order valence-electron chi connectivity index (χ1n) is 4.49. The molecule has 0 amide bonds. The molecule has 1 aliphatic rings. The zero-order valence-electron chi connectivity index (χ0n) is 7.39. The van der Waals surface area contributed by atoms with Gasteiger partial charge in [-0.25, -0.2) is 0 Å². The van der Waals surface area contributed by atoms with Crippen LogP contribution in [0.5, 0.6) is 0 Å². The fourth-order valence-electron chi connectivity index (χ4n) is 1.40. The first-order chi connectivity index (χ1) is 5.25. The third-order valence-electron chi connectivity index (χ3n) is 2.42. The standard InChI is InChI=1S/C10H16O/c1-3-8(2)10(11)9-6-4-5-7-9/h6,8H,3-5,7H2,1-2H3. The van der Waals surface area contributed by atoms with Crippen molar-refractivity contribution in [2.45, 2.75) is 39.5 Å². The minimum Gasteiger partial charge on any atom is -0.294 e. The maximum atomic E-state index is 11.5. The number of hydrogen-bond acceptors (Lipinski definition) is 1. The van der Waals surface area contributed by atoms with E-state index in [2.05, 4.69) is 13.0 Å². The fraction of sp³-hybridized carbons (Fsp3) is 0.700. The Morgan fingerprint density at radius 3 is 2.91 bits per heavy atom. The van der Waals surface area contributed by atoms with Crippen molar-refractivity contribution in [2.75, 3.05) is 0 Å². The molecule has 0 spiro atoms. The lowest BCUT2D eigenvalue weighted by atomic mass is 9.97. The molecule has 1 heteroatoms. The van der Waals surface area contributed by atoms with Gasteiger partial charge in [-0.2, -0.15) is 0 Å². The number of ketones is 1. The van der Waals surface area contributed by atoms with E-state index < -0.39 is 0 Å². The molecule has 62 valence electrons. The molecule has 0 aromatic heterocycles. The van der Waals surface area contributed by atoms with Gasteiger partial charge in [0.15, 0.2) is 5.78 Å². The molecule has 0 radical (unpaired) electrons. The Morgan fingerprint density at radius 2 is 2.45 bits per heavy atom. The van der Waals surface area contributed by atoms with Gasteiger partial charge in [-0.05, 0) is 31.3 Å². The Labute approximate surface area is 68.5 Å². The SMILES string of the molecule is CCC(C)C(=O)C1=CCCC1. The lowest BCUT2D eigenvalue weighted by Crippen LogP contribution is -2.11. The minimum absolute atomic E-state index is 0.236. The molecule has 0 fully saturated rings. The third-order valence-corrected chi connectivity index (χ3v) is 2.42. The molecule has 1 nitrogen and oxygen atoms in total. The van der Waals surface area contributed by atoms with E-state index in [4.69, 9.17) is 0 Å². The largest absolute Gasteiger partial charge is 0.294 e.